The second-order valence-corrected chi connectivity index (χ2v) is 3.74. The van der Waals surface area contributed by atoms with Gasteiger partial charge in [0.15, 0.2) is 0 Å². The highest BCUT2D eigenvalue weighted by atomic mass is 16.5. The van der Waals surface area contributed by atoms with Gasteiger partial charge in [-0.3, -0.25) is 0 Å². The monoisotopic (exact) mass is 161 g/mol. The van der Waals surface area contributed by atoms with Gasteiger partial charge in [-0.1, -0.05) is 0 Å². The molecular formula is C8H19NO2. The second kappa shape index (κ2) is 4.70. The van der Waals surface area contributed by atoms with Gasteiger partial charge >= 0.3 is 0 Å². The van der Waals surface area contributed by atoms with E-state index in [0.717, 1.165) is 0 Å². The molecule has 0 rings (SSSR count). The molecule has 0 heterocycles. The molecule has 0 bridgehead atoms. The van der Waals surface area contributed by atoms with Crippen molar-refractivity contribution in [1.82, 2.24) is 5.32 Å². The molecular weight excluding hydrogens is 142 g/mol. The first-order chi connectivity index (χ1) is 4.95. The van der Waals surface area contributed by atoms with Crippen LogP contribution in [0.5, 0.6) is 0 Å². The van der Waals surface area contributed by atoms with Gasteiger partial charge in [0.25, 0.3) is 0 Å². The summed E-state index contributed by atoms with van der Waals surface area (Å²) in [6, 6.07) is 0. The molecule has 0 saturated heterocycles. The lowest BCUT2D eigenvalue weighted by atomic mass is 10.1. The van der Waals surface area contributed by atoms with Crippen LogP contribution < -0.4 is 5.32 Å². The third-order valence-corrected chi connectivity index (χ3v) is 1.23. The van der Waals surface area contributed by atoms with Crippen molar-refractivity contribution in [3.05, 3.63) is 0 Å². The zero-order valence-electron chi connectivity index (χ0n) is 7.85. The first-order valence-corrected chi connectivity index (χ1v) is 3.88. The maximum Gasteiger partial charge on any atom is 0.0897 e. The Morgan fingerprint density at radius 3 is 2.36 bits per heavy atom. The lowest BCUT2D eigenvalue weighted by Gasteiger charge is -2.22. The molecule has 0 fully saturated rings. The van der Waals surface area contributed by atoms with Crippen LogP contribution in [0.3, 0.4) is 0 Å². The van der Waals surface area contributed by atoms with Crippen molar-refractivity contribution < 1.29 is 9.84 Å². The highest BCUT2D eigenvalue weighted by Crippen LogP contribution is 1.98. The van der Waals surface area contributed by atoms with Crippen molar-refractivity contribution in [3.8, 4) is 0 Å². The van der Waals surface area contributed by atoms with Crippen LogP contribution >= 0.6 is 0 Å². The SMILES string of the molecule is COC[C@@H](O)CNC(C)(C)C. The van der Waals surface area contributed by atoms with Gasteiger partial charge < -0.3 is 15.2 Å². The van der Waals surface area contributed by atoms with Crippen molar-refractivity contribution in [1.29, 1.82) is 0 Å². The third-order valence-electron chi connectivity index (χ3n) is 1.23. The number of aliphatic hydroxyl groups is 1. The minimum atomic E-state index is -0.403. The van der Waals surface area contributed by atoms with Crippen LogP contribution in [0.2, 0.25) is 0 Å². The Balaban J connectivity index is 3.38. The lowest BCUT2D eigenvalue weighted by molar-refractivity contribution is 0.0605. The van der Waals surface area contributed by atoms with E-state index in [1.54, 1.807) is 7.11 Å². The Kier molecular flexibility index (Phi) is 4.65. The van der Waals surface area contributed by atoms with E-state index in [2.05, 4.69) is 26.1 Å². The quantitative estimate of drug-likeness (QED) is 0.626. The van der Waals surface area contributed by atoms with Gasteiger partial charge in [0.1, 0.15) is 0 Å². The molecule has 2 N–H and O–H groups in total. The van der Waals surface area contributed by atoms with Crippen LogP contribution in [0.25, 0.3) is 0 Å². The summed E-state index contributed by atoms with van der Waals surface area (Å²) in [6.07, 6.45) is -0.403. The maximum atomic E-state index is 9.22. The third kappa shape index (κ3) is 7.78. The zero-order chi connectivity index (χ0) is 8.91. The molecule has 0 aromatic rings. The van der Waals surface area contributed by atoms with Crippen LogP contribution in [0.4, 0.5) is 0 Å². The smallest absolute Gasteiger partial charge is 0.0897 e. The number of hydrogen-bond acceptors (Lipinski definition) is 3. The fourth-order valence-electron chi connectivity index (χ4n) is 0.675. The van der Waals surface area contributed by atoms with Crippen molar-refractivity contribution in [3.63, 3.8) is 0 Å². The molecule has 11 heavy (non-hydrogen) atoms. The highest BCUT2D eigenvalue weighted by Gasteiger charge is 2.11. The summed E-state index contributed by atoms with van der Waals surface area (Å²) in [5, 5.41) is 12.4. The zero-order valence-corrected chi connectivity index (χ0v) is 7.85. The van der Waals surface area contributed by atoms with Gasteiger partial charge in [0.05, 0.1) is 12.7 Å². The summed E-state index contributed by atoms with van der Waals surface area (Å²) in [6.45, 7) is 7.16. The molecule has 3 nitrogen and oxygen atoms in total. The maximum absolute atomic E-state index is 9.22. The first kappa shape index (κ1) is 10.9. The van der Waals surface area contributed by atoms with Crippen LogP contribution in [0.1, 0.15) is 20.8 Å². The number of β-amino-alcohol motifs (C(OH)–C–C–N with tert-alkyl or cyclic N) is 1. The van der Waals surface area contributed by atoms with E-state index in [9.17, 15) is 5.11 Å². The summed E-state index contributed by atoms with van der Waals surface area (Å²) in [4.78, 5) is 0. The molecule has 3 heteroatoms. The van der Waals surface area contributed by atoms with Gasteiger partial charge in [-0.15, -0.1) is 0 Å². The van der Waals surface area contributed by atoms with Crippen LogP contribution in [0, 0.1) is 0 Å². The second-order valence-electron chi connectivity index (χ2n) is 3.74. The normalized spacial score (nSPS) is 15.0. The van der Waals surface area contributed by atoms with Crippen LogP contribution in [-0.2, 0) is 4.74 Å². The minimum Gasteiger partial charge on any atom is -0.389 e. The van der Waals surface area contributed by atoms with Gasteiger partial charge in [-0.05, 0) is 20.8 Å². The largest absolute Gasteiger partial charge is 0.389 e. The van der Waals surface area contributed by atoms with E-state index in [4.69, 9.17) is 4.74 Å². The number of hydrogen-bond donors (Lipinski definition) is 2. The van der Waals surface area contributed by atoms with Gasteiger partial charge in [-0.25, -0.2) is 0 Å². The van der Waals surface area contributed by atoms with E-state index in [-0.39, 0.29) is 5.54 Å². The first-order valence-electron chi connectivity index (χ1n) is 3.88. The molecule has 0 unspecified atom stereocenters. The summed E-state index contributed by atoms with van der Waals surface area (Å²) in [5.74, 6) is 0. The van der Waals surface area contributed by atoms with E-state index in [1.165, 1.54) is 0 Å². The van der Waals surface area contributed by atoms with Crippen molar-refractivity contribution >= 4 is 0 Å². The van der Waals surface area contributed by atoms with Crippen molar-refractivity contribution in [2.75, 3.05) is 20.3 Å². The average molecular weight is 161 g/mol. The highest BCUT2D eigenvalue weighted by molar-refractivity contribution is 4.72. The van der Waals surface area contributed by atoms with Crippen molar-refractivity contribution in [2.45, 2.75) is 32.4 Å². The standard InChI is InChI=1S/C8H19NO2/c1-8(2,3)9-5-7(10)6-11-4/h7,9-10H,5-6H2,1-4H3/t7-/m0/s1. The van der Waals surface area contributed by atoms with Gasteiger partial charge in [-0.2, -0.15) is 0 Å². The topological polar surface area (TPSA) is 41.5 Å². The predicted molar refractivity (Wildman–Crippen MR) is 45.6 cm³/mol. The van der Waals surface area contributed by atoms with Crippen LogP contribution in [0.15, 0.2) is 0 Å². The summed E-state index contributed by atoms with van der Waals surface area (Å²) >= 11 is 0. The Morgan fingerprint density at radius 2 is 2.00 bits per heavy atom. The molecule has 0 spiro atoms. The molecule has 0 aliphatic heterocycles. The summed E-state index contributed by atoms with van der Waals surface area (Å²) in [7, 11) is 1.58. The Morgan fingerprint density at radius 1 is 1.45 bits per heavy atom. The molecule has 1 atom stereocenters. The summed E-state index contributed by atoms with van der Waals surface area (Å²) < 4.78 is 4.78. The molecule has 0 aromatic heterocycles. The lowest BCUT2D eigenvalue weighted by Crippen LogP contribution is -2.42. The molecule has 0 aliphatic rings. The fourth-order valence-corrected chi connectivity index (χ4v) is 0.675. The average Bonchev–Trinajstić information content (AvgIpc) is 1.83. The molecule has 0 amide bonds. The predicted octanol–water partition coefficient (Wildman–Crippen LogP) is 0.382. The molecule has 68 valence electrons. The minimum absolute atomic E-state index is 0.0642. The summed E-state index contributed by atoms with van der Waals surface area (Å²) in [5.41, 5.74) is 0.0642. The van der Waals surface area contributed by atoms with Gasteiger partial charge in [0, 0.05) is 19.2 Å². The number of nitrogens with one attached hydrogen (secondary N) is 1. The van der Waals surface area contributed by atoms with E-state index in [1.807, 2.05) is 0 Å². The number of ether oxygens (including phenoxy) is 1. The molecule has 0 saturated carbocycles. The Bertz CT molecular complexity index is 98.8. The molecule has 0 aliphatic carbocycles. The number of aliphatic hydroxyl groups excluding tert-OH is 1. The Hall–Kier alpha value is -0.120. The molecule has 0 aromatic carbocycles. The fraction of sp³-hybridized carbons (Fsp3) is 1.00. The van der Waals surface area contributed by atoms with E-state index >= 15 is 0 Å². The van der Waals surface area contributed by atoms with E-state index in [0.29, 0.717) is 13.2 Å². The van der Waals surface area contributed by atoms with Gasteiger partial charge in [0.2, 0.25) is 0 Å². The Labute approximate surface area is 68.8 Å². The van der Waals surface area contributed by atoms with E-state index < -0.39 is 6.10 Å². The van der Waals surface area contributed by atoms with Crippen molar-refractivity contribution in [2.24, 2.45) is 0 Å². The van der Waals surface area contributed by atoms with Crippen LogP contribution in [-0.4, -0.2) is 37.0 Å². The number of rotatable bonds is 4. The molecule has 0 radical (unpaired) electrons. The number of methoxy groups -OCH3 is 1.